The van der Waals surface area contributed by atoms with Crippen LogP contribution in [-0.4, -0.2) is 19.5 Å². The van der Waals surface area contributed by atoms with Gasteiger partial charge in [-0.05, 0) is 24.1 Å². The third-order valence-electron chi connectivity index (χ3n) is 2.92. The number of ether oxygens (including phenoxy) is 2. The van der Waals surface area contributed by atoms with Crippen molar-refractivity contribution < 1.29 is 45.0 Å². The number of benzene rings is 2. The zero-order chi connectivity index (χ0) is 20.1. The monoisotopic (exact) mass is 415 g/mol. The number of halogens is 7. The fourth-order valence-corrected chi connectivity index (χ4v) is 2.60. The quantitative estimate of drug-likeness (QED) is 0.363. The number of hydrogen-bond acceptors (Lipinski definition) is 5. The Morgan fingerprint density at radius 3 is 1.96 bits per heavy atom. The Hall–Kier alpha value is -2.63. The lowest BCUT2D eigenvalue weighted by Crippen LogP contribution is -2.13. The van der Waals surface area contributed by atoms with Crippen LogP contribution in [0.15, 0.2) is 29.2 Å². The molecular weight excluding hydrogens is 407 g/mol. The molecule has 0 radical (unpaired) electrons. The van der Waals surface area contributed by atoms with Crippen molar-refractivity contribution in [2.24, 2.45) is 0 Å². The molecule has 1 N–H and O–H groups in total. The number of aldehydes is 1. The van der Waals surface area contributed by atoms with E-state index in [0.717, 1.165) is 0 Å². The topological polar surface area (TPSA) is 47.6 Å². The van der Waals surface area contributed by atoms with Crippen LogP contribution in [0.4, 0.5) is 36.4 Å². The van der Waals surface area contributed by atoms with Crippen LogP contribution < -0.4 is 14.2 Å². The second-order valence-electron chi connectivity index (χ2n) is 4.63. The highest BCUT2D eigenvalue weighted by Crippen LogP contribution is 2.41. The lowest BCUT2D eigenvalue weighted by molar-refractivity contribution is -0.0619. The first-order chi connectivity index (χ1) is 12.7. The molecule has 27 heavy (non-hydrogen) atoms. The van der Waals surface area contributed by atoms with Gasteiger partial charge in [0.25, 0.3) is 0 Å². The molecule has 0 aliphatic carbocycles. The average molecular weight is 415 g/mol. The Labute approximate surface area is 151 Å². The van der Waals surface area contributed by atoms with Crippen LogP contribution >= 0.6 is 11.9 Å². The molecule has 0 spiro atoms. The predicted molar refractivity (Wildman–Crippen MR) is 80.9 cm³/mol. The zero-order valence-electron chi connectivity index (χ0n) is 12.8. The van der Waals surface area contributed by atoms with Crippen molar-refractivity contribution in [3.05, 3.63) is 47.3 Å². The van der Waals surface area contributed by atoms with Crippen molar-refractivity contribution in [1.82, 2.24) is 0 Å². The van der Waals surface area contributed by atoms with Crippen molar-refractivity contribution in [1.29, 1.82) is 0 Å². The summed E-state index contributed by atoms with van der Waals surface area (Å²) in [6, 6.07) is 5.58. The van der Waals surface area contributed by atoms with E-state index >= 15 is 0 Å². The van der Waals surface area contributed by atoms with Crippen LogP contribution in [0.5, 0.6) is 11.5 Å². The summed E-state index contributed by atoms with van der Waals surface area (Å²) in [5.41, 5.74) is -1.05. The van der Waals surface area contributed by atoms with E-state index < -0.39 is 47.9 Å². The molecule has 0 unspecified atom stereocenters. The minimum atomic E-state index is -3.72. The van der Waals surface area contributed by atoms with E-state index in [4.69, 9.17) is 0 Å². The summed E-state index contributed by atoms with van der Waals surface area (Å²) in [7, 11) is 0. The smallest absolute Gasteiger partial charge is 0.387 e. The normalized spacial score (nSPS) is 11.0. The van der Waals surface area contributed by atoms with E-state index in [2.05, 4.69) is 9.47 Å². The molecule has 12 heteroatoms. The van der Waals surface area contributed by atoms with E-state index in [1.807, 2.05) is 4.72 Å². The highest BCUT2D eigenvalue weighted by Gasteiger charge is 2.31. The van der Waals surface area contributed by atoms with Crippen LogP contribution in [0.1, 0.15) is 10.4 Å². The Morgan fingerprint density at radius 1 is 0.926 bits per heavy atom. The van der Waals surface area contributed by atoms with Crippen molar-refractivity contribution in [2.45, 2.75) is 18.1 Å². The van der Waals surface area contributed by atoms with Crippen molar-refractivity contribution >= 4 is 23.9 Å². The summed E-state index contributed by atoms with van der Waals surface area (Å²) in [6.45, 7) is -7.44. The maximum absolute atomic E-state index is 14.2. The molecule has 0 aliphatic heterocycles. The molecule has 0 atom stereocenters. The van der Waals surface area contributed by atoms with Crippen LogP contribution in [-0.2, 0) is 0 Å². The van der Waals surface area contributed by atoms with Crippen molar-refractivity contribution in [2.75, 3.05) is 4.72 Å². The van der Waals surface area contributed by atoms with E-state index in [1.165, 1.54) is 24.3 Å². The Balaban J connectivity index is 2.44. The molecular formula is C15H8F7NO3S. The summed E-state index contributed by atoms with van der Waals surface area (Å²) in [4.78, 5) is 11.0. The third-order valence-corrected chi connectivity index (χ3v) is 3.71. The number of rotatable bonds is 8. The highest BCUT2D eigenvalue weighted by molar-refractivity contribution is 8.00. The number of alkyl halides is 4. The summed E-state index contributed by atoms with van der Waals surface area (Å²) in [5.74, 6) is -9.64. The molecule has 2 aromatic rings. The van der Waals surface area contributed by atoms with Gasteiger partial charge in [-0.3, -0.25) is 4.79 Å². The van der Waals surface area contributed by atoms with Crippen LogP contribution in [0.25, 0.3) is 0 Å². The van der Waals surface area contributed by atoms with E-state index in [-0.39, 0.29) is 10.5 Å². The summed E-state index contributed by atoms with van der Waals surface area (Å²) >= 11 is 0.495. The van der Waals surface area contributed by atoms with Gasteiger partial charge in [-0.1, -0.05) is 12.1 Å². The lowest BCUT2D eigenvalue weighted by atomic mass is 10.2. The number of carbonyl (C=O) groups excluding carboxylic acids is 1. The molecule has 0 amide bonds. The number of anilines is 1. The van der Waals surface area contributed by atoms with Crippen molar-refractivity contribution in [3.63, 3.8) is 0 Å². The van der Waals surface area contributed by atoms with Crippen molar-refractivity contribution in [3.8, 4) is 11.5 Å². The second kappa shape index (κ2) is 8.84. The minimum absolute atomic E-state index is 0.213. The fraction of sp³-hybridized carbons (Fsp3) is 0.133. The largest absolute Gasteiger partial charge is 0.428 e. The lowest BCUT2D eigenvalue weighted by Gasteiger charge is -2.16. The summed E-state index contributed by atoms with van der Waals surface area (Å²) in [6.07, 6.45) is 0.492. The van der Waals surface area contributed by atoms with Crippen LogP contribution in [0.3, 0.4) is 0 Å². The van der Waals surface area contributed by atoms with Crippen LogP contribution in [0, 0.1) is 17.5 Å². The Morgan fingerprint density at radius 2 is 1.48 bits per heavy atom. The summed E-state index contributed by atoms with van der Waals surface area (Å²) in [5, 5.41) is 0. The molecule has 0 aromatic heterocycles. The molecule has 0 saturated heterocycles. The highest BCUT2D eigenvalue weighted by atomic mass is 32.2. The molecule has 0 aliphatic rings. The molecule has 2 rings (SSSR count). The first-order valence-corrected chi connectivity index (χ1v) is 7.64. The van der Waals surface area contributed by atoms with Gasteiger partial charge in [0, 0.05) is 10.5 Å². The maximum atomic E-state index is 14.2. The van der Waals surface area contributed by atoms with Gasteiger partial charge in [-0.25, -0.2) is 8.78 Å². The van der Waals surface area contributed by atoms with E-state index in [1.54, 1.807) is 0 Å². The SMILES string of the molecule is O=Cc1cccc(SNc2c(F)c(OC(F)F)c(F)c(OC(F)F)c2F)c1. The first-order valence-electron chi connectivity index (χ1n) is 6.82. The molecule has 0 saturated carbocycles. The van der Waals surface area contributed by atoms with E-state index in [0.29, 0.717) is 18.2 Å². The van der Waals surface area contributed by atoms with Gasteiger partial charge in [-0.2, -0.15) is 22.0 Å². The molecule has 146 valence electrons. The number of hydrogen-bond donors (Lipinski definition) is 1. The fourth-order valence-electron chi connectivity index (χ4n) is 1.86. The number of nitrogens with one attached hydrogen (secondary N) is 1. The van der Waals surface area contributed by atoms with E-state index in [9.17, 15) is 35.5 Å². The average Bonchev–Trinajstić information content (AvgIpc) is 2.62. The maximum Gasteiger partial charge on any atom is 0.387 e. The van der Waals surface area contributed by atoms with Gasteiger partial charge in [-0.15, -0.1) is 0 Å². The molecule has 2 aromatic carbocycles. The van der Waals surface area contributed by atoms with Gasteiger partial charge in [0.2, 0.25) is 17.3 Å². The number of carbonyl (C=O) groups is 1. The van der Waals surface area contributed by atoms with Gasteiger partial charge in [0.1, 0.15) is 12.0 Å². The Bertz CT molecular complexity index is 798. The standard InChI is InChI=1S/C15H8F7NO3S/c16-8-11(23-27-7-3-1-2-6(4-7)5-24)9(17)13(26-15(21)22)10(18)12(8)25-14(19)20/h1-5,14-15,23H. The zero-order valence-corrected chi connectivity index (χ0v) is 13.6. The van der Waals surface area contributed by atoms with Gasteiger partial charge in [0.05, 0.1) is 0 Å². The Kier molecular flexibility index (Phi) is 6.77. The first kappa shape index (κ1) is 20.7. The molecule has 0 heterocycles. The molecule has 0 fully saturated rings. The van der Waals surface area contributed by atoms with Gasteiger partial charge in [0.15, 0.2) is 11.6 Å². The van der Waals surface area contributed by atoms with Crippen LogP contribution in [0.2, 0.25) is 0 Å². The van der Waals surface area contributed by atoms with Gasteiger partial charge >= 0.3 is 13.2 Å². The predicted octanol–water partition coefficient (Wildman–Crippen LogP) is 5.24. The second-order valence-corrected chi connectivity index (χ2v) is 5.51. The molecule has 4 nitrogen and oxygen atoms in total. The van der Waals surface area contributed by atoms with Gasteiger partial charge < -0.3 is 14.2 Å². The minimum Gasteiger partial charge on any atom is -0.428 e. The summed E-state index contributed by atoms with van der Waals surface area (Å²) < 4.78 is 101. The molecule has 0 bridgehead atoms. The third kappa shape index (κ3) is 4.96.